The Balaban J connectivity index is 1.32. The molecule has 4 rings (SSSR count). The number of nitrogens with one attached hydrogen (secondary N) is 2. The third-order valence-electron chi connectivity index (χ3n) is 4.63. The molecular formula is C18H20N6O3. The van der Waals surface area contributed by atoms with Crippen LogP contribution in [-0.2, 0) is 4.79 Å². The van der Waals surface area contributed by atoms with E-state index >= 15 is 0 Å². The normalized spacial score (nSPS) is 15.2. The fourth-order valence-electron chi connectivity index (χ4n) is 3.24. The average Bonchev–Trinajstić information content (AvgIpc) is 3.30. The van der Waals surface area contributed by atoms with E-state index in [1.54, 1.807) is 19.2 Å². The average molecular weight is 368 g/mol. The van der Waals surface area contributed by atoms with Crippen molar-refractivity contribution in [3.05, 3.63) is 41.8 Å². The van der Waals surface area contributed by atoms with Gasteiger partial charge in [0.1, 0.15) is 5.76 Å². The van der Waals surface area contributed by atoms with Crippen LogP contribution >= 0.6 is 0 Å². The molecule has 1 aromatic carbocycles. The molecule has 1 saturated heterocycles. The number of fused-ring (bicyclic) bond motifs is 1. The smallest absolute Gasteiger partial charge is 0.256 e. The van der Waals surface area contributed by atoms with Crippen LogP contribution in [0.4, 0.5) is 5.82 Å². The standard InChI is InChI=1S/C18H20N6O3/c1-12-9-15(22-27-12)20-16(25)11-23-5-7-24(8-6-23)18(26)14-4-2-3-13-10-19-21-17(13)14/h2-4,9-10H,5-8,11H2,1H3,(H,19,21)(H,20,22,25). The van der Waals surface area contributed by atoms with Crippen LogP contribution in [0.25, 0.3) is 10.9 Å². The second-order valence-corrected chi connectivity index (χ2v) is 6.58. The quantitative estimate of drug-likeness (QED) is 0.718. The maximum atomic E-state index is 12.8. The number of para-hydroxylation sites is 1. The molecule has 0 atom stereocenters. The van der Waals surface area contributed by atoms with Gasteiger partial charge >= 0.3 is 0 Å². The fraction of sp³-hybridized carbons (Fsp3) is 0.333. The van der Waals surface area contributed by atoms with Crippen LogP contribution in [0, 0.1) is 6.92 Å². The van der Waals surface area contributed by atoms with E-state index in [1.165, 1.54) is 0 Å². The Morgan fingerprint density at radius 3 is 2.81 bits per heavy atom. The van der Waals surface area contributed by atoms with Crippen molar-refractivity contribution in [2.75, 3.05) is 38.0 Å². The highest BCUT2D eigenvalue weighted by Gasteiger charge is 2.24. The summed E-state index contributed by atoms with van der Waals surface area (Å²) in [5, 5.41) is 14.3. The van der Waals surface area contributed by atoms with Crippen LogP contribution in [0.2, 0.25) is 0 Å². The fourth-order valence-corrected chi connectivity index (χ4v) is 3.24. The first kappa shape index (κ1) is 17.2. The molecule has 2 amide bonds. The molecule has 0 bridgehead atoms. The number of carbonyl (C=O) groups excluding carboxylic acids is 2. The topological polar surface area (TPSA) is 107 Å². The minimum Gasteiger partial charge on any atom is -0.360 e. The Labute approximate surface area is 155 Å². The lowest BCUT2D eigenvalue weighted by Crippen LogP contribution is -2.50. The van der Waals surface area contributed by atoms with E-state index in [4.69, 9.17) is 4.52 Å². The van der Waals surface area contributed by atoms with Gasteiger partial charge in [0.25, 0.3) is 5.91 Å². The number of rotatable bonds is 4. The highest BCUT2D eigenvalue weighted by atomic mass is 16.5. The van der Waals surface area contributed by atoms with E-state index in [9.17, 15) is 9.59 Å². The monoisotopic (exact) mass is 368 g/mol. The molecule has 1 fully saturated rings. The van der Waals surface area contributed by atoms with Crippen molar-refractivity contribution in [3.8, 4) is 0 Å². The van der Waals surface area contributed by atoms with Gasteiger partial charge < -0.3 is 14.7 Å². The predicted octanol–water partition coefficient (Wildman–Crippen LogP) is 1.26. The SMILES string of the molecule is Cc1cc(NC(=O)CN2CCN(C(=O)c3cccc4cn[nH]c34)CC2)no1. The number of aromatic amines is 1. The lowest BCUT2D eigenvalue weighted by molar-refractivity contribution is -0.117. The van der Waals surface area contributed by atoms with Gasteiger partial charge in [0, 0.05) is 37.6 Å². The van der Waals surface area contributed by atoms with Crippen molar-refractivity contribution >= 4 is 28.5 Å². The minimum absolute atomic E-state index is 0.0213. The molecule has 0 unspecified atom stereocenters. The molecule has 0 aliphatic carbocycles. The number of anilines is 1. The van der Waals surface area contributed by atoms with Gasteiger partial charge in [0.05, 0.1) is 23.8 Å². The lowest BCUT2D eigenvalue weighted by atomic mass is 10.1. The van der Waals surface area contributed by atoms with Crippen LogP contribution in [0.15, 0.2) is 35.0 Å². The van der Waals surface area contributed by atoms with Crippen LogP contribution in [0.3, 0.4) is 0 Å². The summed E-state index contributed by atoms with van der Waals surface area (Å²) < 4.78 is 4.93. The molecule has 9 heteroatoms. The molecule has 9 nitrogen and oxygen atoms in total. The number of amides is 2. The Morgan fingerprint density at radius 2 is 2.07 bits per heavy atom. The van der Waals surface area contributed by atoms with Gasteiger partial charge in [-0.2, -0.15) is 5.10 Å². The van der Waals surface area contributed by atoms with E-state index in [0.29, 0.717) is 43.3 Å². The summed E-state index contributed by atoms with van der Waals surface area (Å²) in [6.07, 6.45) is 1.71. The number of hydrogen-bond acceptors (Lipinski definition) is 6. The number of H-pyrrole nitrogens is 1. The molecule has 0 radical (unpaired) electrons. The van der Waals surface area contributed by atoms with Crippen LogP contribution in [0.1, 0.15) is 16.1 Å². The van der Waals surface area contributed by atoms with E-state index in [2.05, 4.69) is 20.7 Å². The number of nitrogens with zero attached hydrogens (tertiary/aromatic N) is 4. The van der Waals surface area contributed by atoms with Crippen molar-refractivity contribution in [1.29, 1.82) is 0 Å². The van der Waals surface area contributed by atoms with Crippen molar-refractivity contribution in [3.63, 3.8) is 0 Å². The third kappa shape index (κ3) is 3.68. The van der Waals surface area contributed by atoms with E-state index in [-0.39, 0.29) is 18.4 Å². The molecule has 1 aliphatic rings. The second kappa shape index (κ2) is 7.20. The summed E-state index contributed by atoms with van der Waals surface area (Å²) in [7, 11) is 0. The van der Waals surface area contributed by atoms with E-state index < -0.39 is 0 Å². The van der Waals surface area contributed by atoms with Gasteiger partial charge in [0.15, 0.2) is 5.82 Å². The largest absolute Gasteiger partial charge is 0.360 e. The summed E-state index contributed by atoms with van der Waals surface area (Å²) >= 11 is 0. The van der Waals surface area contributed by atoms with Crippen molar-refractivity contribution < 1.29 is 14.1 Å². The number of piperazine rings is 1. The molecular weight excluding hydrogens is 348 g/mol. The van der Waals surface area contributed by atoms with Crippen LogP contribution in [-0.4, -0.2) is 69.7 Å². The number of carbonyl (C=O) groups is 2. The van der Waals surface area contributed by atoms with Crippen LogP contribution in [0.5, 0.6) is 0 Å². The highest BCUT2D eigenvalue weighted by molar-refractivity contribution is 6.05. The number of aryl methyl sites for hydroxylation is 1. The summed E-state index contributed by atoms with van der Waals surface area (Å²) in [5.41, 5.74) is 1.38. The summed E-state index contributed by atoms with van der Waals surface area (Å²) in [6.45, 7) is 4.43. The number of aromatic nitrogens is 3. The molecule has 27 heavy (non-hydrogen) atoms. The summed E-state index contributed by atoms with van der Waals surface area (Å²) in [5.74, 6) is 0.890. The maximum absolute atomic E-state index is 12.8. The highest BCUT2D eigenvalue weighted by Crippen LogP contribution is 2.18. The molecule has 0 spiro atoms. The Morgan fingerprint density at radius 1 is 1.26 bits per heavy atom. The van der Waals surface area contributed by atoms with E-state index in [1.807, 2.05) is 28.0 Å². The second-order valence-electron chi connectivity index (χ2n) is 6.58. The van der Waals surface area contributed by atoms with Gasteiger partial charge in [-0.3, -0.25) is 19.6 Å². The summed E-state index contributed by atoms with van der Waals surface area (Å²) in [4.78, 5) is 28.8. The first-order valence-electron chi connectivity index (χ1n) is 8.77. The van der Waals surface area contributed by atoms with Crippen molar-refractivity contribution in [1.82, 2.24) is 25.2 Å². The lowest BCUT2D eigenvalue weighted by Gasteiger charge is -2.34. The minimum atomic E-state index is -0.148. The molecule has 2 N–H and O–H groups in total. The molecule has 3 heterocycles. The first-order chi connectivity index (χ1) is 13.1. The number of benzene rings is 1. The van der Waals surface area contributed by atoms with Gasteiger partial charge in [-0.15, -0.1) is 0 Å². The zero-order chi connectivity index (χ0) is 18.8. The molecule has 0 saturated carbocycles. The Hall–Kier alpha value is -3.20. The van der Waals surface area contributed by atoms with Gasteiger partial charge in [0.2, 0.25) is 5.91 Å². The van der Waals surface area contributed by atoms with E-state index in [0.717, 1.165) is 10.9 Å². The zero-order valence-electron chi connectivity index (χ0n) is 14.9. The third-order valence-corrected chi connectivity index (χ3v) is 4.63. The van der Waals surface area contributed by atoms with Crippen molar-refractivity contribution in [2.45, 2.75) is 6.92 Å². The maximum Gasteiger partial charge on any atom is 0.256 e. The van der Waals surface area contributed by atoms with Crippen molar-refractivity contribution in [2.24, 2.45) is 0 Å². The van der Waals surface area contributed by atoms with Gasteiger partial charge in [-0.1, -0.05) is 17.3 Å². The summed E-state index contributed by atoms with van der Waals surface area (Å²) in [6, 6.07) is 7.26. The van der Waals surface area contributed by atoms with Gasteiger partial charge in [-0.05, 0) is 13.0 Å². The van der Waals surface area contributed by atoms with Gasteiger partial charge in [-0.25, -0.2) is 0 Å². The zero-order valence-corrected chi connectivity index (χ0v) is 14.9. The molecule has 1 aliphatic heterocycles. The number of hydrogen-bond donors (Lipinski definition) is 2. The molecule has 3 aromatic rings. The predicted molar refractivity (Wildman–Crippen MR) is 98.3 cm³/mol. The Kier molecular flexibility index (Phi) is 4.59. The Bertz CT molecular complexity index is 970. The molecule has 2 aromatic heterocycles. The van der Waals surface area contributed by atoms with Crippen LogP contribution < -0.4 is 5.32 Å². The first-order valence-corrected chi connectivity index (χ1v) is 8.77. The molecule has 140 valence electrons.